The lowest BCUT2D eigenvalue weighted by Crippen LogP contribution is -2.13. The molecule has 2 aromatic carbocycles. The molecule has 0 radical (unpaired) electrons. The molecule has 0 saturated carbocycles. The van der Waals surface area contributed by atoms with E-state index in [-0.39, 0.29) is 12.7 Å². The number of fused-ring (bicyclic) bond motifs is 1. The van der Waals surface area contributed by atoms with Gasteiger partial charge in [-0.2, -0.15) is 0 Å². The lowest BCUT2D eigenvalue weighted by atomic mass is 10.1. The van der Waals surface area contributed by atoms with Crippen molar-refractivity contribution in [3.63, 3.8) is 0 Å². The molecule has 0 saturated heterocycles. The van der Waals surface area contributed by atoms with Crippen molar-refractivity contribution >= 4 is 34.7 Å². The van der Waals surface area contributed by atoms with Crippen LogP contribution in [0.25, 0.3) is 0 Å². The van der Waals surface area contributed by atoms with Crippen LogP contribution in [-0.4, -0.2) is 17.7 Å². The standard InChI is InChI=1S/C21H18ClN3O3/c1-12-7-13(2)20(16(22)8-12)25-21(26)14-5-6-23-19(9-14)24-15-3-4-17-18(10-15)28-11-27-17/h3-10H,11H2,1-2H3,(H,23,24)(H,25,26). The lowest BCUT2D eigenvalue weighted by Gasteiger charge is -2.12. The van der Waals surface area contributed by atoms with Crippen molar-refractivity contribution in [3.05, 3.63) is 70.4 Å². The average Bonchev–Trinajstić information content (AvgIpc) is 3.12. The second-order valence-electron chi connectivity index (χ2n) is 6.52. The number of nitrogens with zero attached hydrogens (tertiary/aromatic N) is 1. The molecule has 1 amide bonds. The number of carbonyl (C=O) groups is 1. The highest BCUT2D eigenvalue weighted by molar-refractivity contribution is 6.34. The maximum Gasteiger partial charge on any atom is 0.255 e. The number of hydrogen-bond donors (Lipinski definition) is 2. The fraction of sp³-hybridized carbons (Fsp3) is 0.143. The van der Waals surface area contributed by atoms with Crippen LogP contribution in [-0.2, 0) is 0 Å². The summed E-state index contributed by atoms with van der Waals surface area (Å²) < 4.78 is 10.7. The summed E-state index contributed by atoms with van der Waals surface area (Å²) in [5, 5.41) is 6.57. The highest BCUT2D eigenvalue weighted by atomic mass is 35.5. The van der Waals surface area contributed by atoms with E-state index in [1.54, 1.807) is 18.3 Å². The van der Waals surface area contributed by atoms with Gasteiger partial charge < -0.3 is 20.1 Å². The van der Waals surface area contributed by atoms with Crippen LogP contribution in [0.2, 0.25) is 5.02 Å². The molecule has 0 fully saturated rings. The number of hydrogen-bond acceptors (Lipinski definition) is 5. The number of amides is 1. The number of halogens is 1. The Kier molecular flexibility index (Phi) is 4.79. The van der Waals surface area contributed by atoms with E-state index in [9.17, 15) is 4.79 Å². The average molecular weight is 396 g/mol. The molecule has 28 heavy (non-hydrogen) atoms. The van der Waals surface area contributed by atoms with E-state index in [1.807, 2.05) is 44.2 Å². The van der Waals surface area contributed by atoms with Gasteiger partial charge in [-0.25, -0.2) is 4.98 Å². The zero-order chi connectivity index (χ0) is 19.7. The summed E-state index contributed by atoms with van der Waals surface area (Å²) in [5.74, 6) is 1.66. The minimum atomic E-state index is -0.259. The molecule has 1 aromatic heterocycles. The quantitative estimate of drug-likeness (QED) is 0.644. The van der Waals surface area contributed by atoms with Gasteiger partial charge in [-0.15, -0.1) is 0 Å². The number of aromatic nitrogens is 1. The van der Waals surface area contributed by atoms with E-state index in [2.05, 4.69) is 15.6 Å². The molecule has 0 aliphatic carbocycles. The van der Waals surface area contributed by atoms with Gasteiger partial charge in [0.25, 0.3) is 5.91 Å². The van der Waals surface area contributed by atoms with Crippen LogP contribution in [0.4, 0.5) is 17.2 Å². The number of nitrogens with one attached hydrogen (secondary N) is 2. The Labute approximate surface area is 167 Å². The van der Waals surface area contributed by atoms with Crippen LogP contribution < -0.4 is 20.1 Å². The molecule has 1 aliphatic heterocycles. The molecule has 142 valence electrons. The van der Waals surface area contributed by atoms with E-state index in [1.165, 1.54) is 0 Å². The molecule has 0 spiro atoms. The van der Waals surface area contributed by atoms with E-state index in [4.69, 9.17) is 21.1 Å². The van der Waals surface area contributed by atoms with Gasteiger partial charge in [0, 0.05) is 23.5 Å². The summed E-state index contributed by atoms with van der Waals surface area (Å²) in [5.41, 5.74) is 3.81. The van der Waals surface area contributed by atoms with Crippen LogP contribution in [0, 0.1) is 13.8 Å². The first-order valence-corrected chi connectivity index (χ1v) is 9.08. The van der Waals surface area contributed by atoms with Gasteiger partial charge in [0.15, 0.2) is 11.5 Å². The molecular weight excluding hydrogens is 378 g/mol. The zero-order valence-corrected chi connectivity index (χ0v) is 16.1. The van der Waals surface area contributed by atoms with Crippen LogP contribution in [0.5, 0.6) is 11.5 Å². The minimum Gasteiger partial charge on any atom is -0.454 e. The van der Waals surface area contributed by atoms with Crippen LogP contribution in [0.15, 0.2) is 48.7 Å². The van der Waals surface area contributed by atoms with Crippen LogP contribution in [0.3, 0.4) is 0 Å². The maximum absolute atomic E-state index is 12.7. The summed E-state index contributed by atoms with van der Waals surface area (Å²) in [4.78, 5) is 17.0. The molecule has 0 atom stereocenters. The number of pyridine rings is 1. The Morgan fingerprint density at radius 2 is 1.89 bits per heavy atom. The first-order valence-electron chi connectivity index (χ1n) is 8.70. The van der Waals surface area contributed by atoms with Gasteiger partial charge in [-0.3, -0.25) is 4.79 Å². The summed E-state index contributed by atoms with van der Waals surface area (Å²) in [7, 11) is 0. The third kappa shape index (κ3) is 3.73. The molecule has 2 N–H and O–H groups in total. The Hall–Kier alpha value is -3.25. The molecule has 1 aliphatic rings. The van der Waals surface area contributed by atoms with Gasteiger partial charge in [0.05, 0.1) is 10.7 Å². The van der Waals surface area contributed by atoms with Crippen molar-refractivity contribution in [2.45, 2.75) is 13.8 Å². The third-order valence-electron chi connectivity index (χ3n) is 4.34. The van der Waals surface area contributed by atoms with Crippen molar-refractivity contribution in [3.8, 4) is 11.5 Å². The van der Waals surface area contributed by atoms with Gasteiger partial charge in [-0.1, -0.05) is 17.7 Å². The number of rotatable bonds is 4. The van der Waals surface area contributed by atoms with Crippen molar-refractivity contribution in [1.82, 2.24) is 4.98 Å². The minimum absolute atomic E-state index is 0.216. The number of ether oxygens (including phenoxy) is 2. The summed E-state index contributed by atoms with van der Waals surface area (Å²) in [6.45, 7) is 4.09. The third-order valence-corrected chi connectivity index (χ3v) is 4.64. The topological polar surface area (TPSA) is 72.5 Å². The number of carbonyl (C=O) groups excluding carboxylic acids is 1. The molecule has 3 aromatic rings. The lowest BCUT2D eigenvalue weighted by molar-refractivity contribution is 0.102. The number of benzene rings is 2. The molecule has 4 rings (SSSR count). The molecule has 2 heterocycles. The predicted octanol–water partition coefficient (Wildman–Crippen LogP) is 5.08. The van der Waals surface area contributed by atoms with E-state index in [0.29, 0.717) is 33.6 Å². The Morgan fingerprint density at radius 1 is 1.07 bits per heavy atom. The maximum atomic E-state index is 12.7. The second kappa shape index (κ2) is 7.40. The van der Waals surface area contributed by atoms with E-state index < -0.39 is 0 Å². The molecule has 0 unspecified atom stereocenters. The van der Waals surface area contributed by atoms with Gasteiger partial charge in [-0.05, 0) is 55.3 Å². The Balaban J connectivity index is 1.53. The largest absolute Gasteiger partial charge is 0.454 e. The summed E-state index contributed by atoms with van der Waals surface area (Å²) >= 11 is 6.29. The highest BCUT2D eigenvalue weighted by Crippen LogP contribution is 2.35. The predicted molar refractivity (Wildman–Crippen MR) is 109 cm³/mol. The van der Waals surface area contributed by atoms with E-state index in [0.717, 1.165) is 16.8 Å². The summed E-state index contributed by atoms with van der Waals surface area (Å²) in [6, 6.07) is 12.6. The smallest absolute Gasteiger partial charge is 0.255 e. The molecule has 6 nitrogen and oxygen atoms in total. The summed E-state index contributed by atoms with van der Waals surface area (Å²) in [6.07, 6.45) is 1.58. The van der Waals surface area contributed by atoms with Crippen molar-refractivity contribution in [2.24, 2.45) is 0 Å². The molecular formula is C21H18ClN3O3. The first kappa shape index (κ1) is 18.1. The second-order valence-corrected chi connectivity index (χ2v) is 6.92. The fourth-order valence-corrected chi connectivity index (χ4v) is 3.39. The zero-order valence-electron chi connectivity index (χ0n) is 15.4. The molecule has 0 bridgehead atoms. The van der Waals surface area contributed by atoms with Crippen molar-refractivity contribution < 1.29 is 14.3 Å². The normalized spacial score (nSPS) is 12.0. The number of aryl methyl sites for hydroxylation is 2. The Bertz CT molecular complexity index is 1050. The van der Waals surface area contributed by atoms with Gasteiger partial charge in [0.2, 0.25) is 6.79 Å². The monoisotopic (exact) mass is 395 g/mol. The molecule has 7 heteroatoms. The highest BCUT2D eigenvalue weighted by Gasteiger charge is 2.15. The van der Waals surface area contributed by atoms with Crippen molar-refractivity contribution in [1.29, 1.82) is 0 Å². The van der Waals surface area contributed by atoms with Gasteiger partial charge >= 0.3 is 0 Å². The number of anilines is 3. The SMILES string of the molecule is Cc1cc(C)c(NC(=O)c2ccnc(Nc3ccc4c(c3)OCO4)c2)c(Cl)c1. The van der Waals surface area contributed by atoms with Crippen LogP contribution in [0.1, 0.15) is 21.5 Å². The van der Waals surface area contributed by atoms with Crippen molar-refractivity contribution in [2.75, 3.05) is 17.4 Å². The van der Waals surface area contributed by atoms with E-state index >= 15 is 0 Å². The van der Waals surface area contributed by atoms with Crippen LogP contribution >= 0.6 is 11.6 Å². The van der Waals surface area contributed by atoms with Gasteiger partial charge in [0.1, 0.15) is 5.82 Å². The fourth-order valence-electron chi connectivity index (χ4n) is 3.02. The Morgan fingerprint density at radius 3 is 2.71 bits per heavy atom. The first-order chi connectivity index (χ1) is 13.5.